The zero-order chi connectivity index (χ0) is 14.6. The summed E-state index contributed by atoms with van der Waals surface area (Å²) in [4.78, 5) is 0. The van der Waals surface area contributed by atoms with Crippen molar-refractivity contribution in [3.63, 3.8) is 0 Å². The minimum absolute atomic E-state index is 0.0752. The Morgan fingerprint density at radius 3 is 2.55 bits per heavy atom. The van der Waals surface area contributed by atoms with Crippen LogP contribution in [0, 0.1) is 5.92 Å². The number of aromatic nitrogens is 2. The Kier molecular flexibility index (Phi) is 5.25. The maximum absolute atomic E-state index is 4.48. The highest BCUT2D eigenvalue weighted by Gasteiger charge is 2.22. The Morgan fingerprint density at radius 2 is 2.00 bits per heavy atom. The van der Waals surface area contributed by atoms with E-state index >= 15 is 0 Å². The van der Waals surface area contributed by atoms with Gasteiger partial charge in [-0.2, -0.15) is 5.10 Å². The molecule has 0 radical (unpaired) electrons. The lowest BCUT2D eigenvalue weighted by molar-refractivity contribution is 0.261. The van der Waals surface area contributed by atoms with Gasteiger partial charge in [0.05, 0.1) is 11.7 Å². The third-order valence-corrected chi connectivity index (χ3v) is 4.55. The molecular formula is C17H31N3. The smallest absolute Gasteiger partial charge is 0.0543 e. The van der Waals surface area contributed by atoms with Crippen LogP contribution in [0.1, 0.15) is 71.8 Å². The molecule has 1 heterocycles. The predicted octanol–water partition coefficient (Wildman–Crippen LogP) is 4.09. The van der Waals surface area contributed by atoms with E-state index in [1.165, 1.54) is 44.1 Å². The molecule has 1 aliphatic carbocycles. The Bertz CT molecular complexity index is 397. The van der Waals surface area contributed by atoms with Crippen LogP contribution in [0.25, 0.3) is 0 Å². The number of nitrogens with one attached hydrogen (secondary N) is 1. The monoisotopic (exact) mass is 277 g/mol. The first-order valence-electron chi connectivity index (χ1n) is 8.28. The second-order valence-corrected chi connectivity index (χ2v) is 7.26. The Balaban J connectivity index is 1.88. The molecule has 1 atom stereocenters. The van der Waals surface area contributed by atoms with Crippen molar-refractivity contribution in [3.05, 3.63) is 18.0 Å². The molecule has 0 bridgehead atoms. The van der Waals surface area contributed by atoms with Gasteiger partial charge in [0.15, 0.2) is 0 Å². The van der Waals surface area contributed by atoms with Gasteiger partial charge in [-0.25, -0.2) is 0 Å². The van der Waals surface area contributed by atoms with Gasteiger partial charge in [0.25, 0.3) is 0 Å². The molecule has 114 valence electrons. The molecule has 1 unspecified atom stereocenters. The normalized spacial score (nSPS) is 19.2. The van der Waals surface area contributed by atoms with Crippen LogP contribution in [0.15, 0.2) is 12.4 Å². The van der Waals surface area contributed by atoms with Crippen molar-refractivity contribution in [2.45, 2.75) is 84.3 Å². The average molecular weight is 277 g/mol. The summed E-state index contributed by atoms with van der Waals surface area (Å²) in [5.41, 5.74) is 1.38. The van der Waals surface area contributed by atoms with Crippen molar-refractivity contribution in [2.24, 2.45) is 5.92 Å². The molecule has 3 heteroatoms. The molecule has 20 heavy (non-hydrogen) atoms. The van der Waals surface area contributed by atoms with Gasteiger partial charge < -0.3 is 5.32 Å². The minimum atomic E-state index is 0.0752. The summed E-state index contributed by atoms with van der Waals surface area (Å²) in [6.07, 6.45) is 12.5. The number of rotatable bonds is 5. The van der Waals surface area contributed by atoms with Crippen LogP contribution in [0.5, 0.6) is 0 Å². The van der Waals surface area contributed by atoms with E-state index in [0.29, 0.717) is 6.04 Å². The largest absolute Gasteiger partial charge is 0.310 e. The lowest BCUT2D eigenvalue weighted by Crippen LogP contribution is -2.36. The highest BCUT2D eigenvalue weighted by Crippen LogP contribution is 2.27. The molecule has 1 aromatic rings. The first-order chi connectivity index (χ1) is 9.50. The van der Waals surface area contributed by atoms with E-state index in [4.69, 9.17) is 0 Å². The van der Waals surface area contributed by atoms with Gasteiger partial charge in [-0.1, -0.05) is 26.2 Å². The van der Waals surface area contributed by atoms with Gasteiger partial charge in [-0.3, -0.25) is 4.68 Å². The van der Waals surface area contributed by atoms with Crippen LogP contribution in [-0.4, -0.2) is 15.8 Å². The summed E-state index contributed by atoms with van der Waals surface area (Å²) >= 11 is 0. The maximum Gasteiger partial charge on any atom is 0.0543 e. The zero-order valence-electron chi connectivity index (χ0n) is 13.7. The van der Waals surface area contributed by atoms with Crippen molar-refractivity contribution in [3.8, 4) is 0 Å². The standard InChI is InChI=1S/C17H31N3/c1-5-16(15-9-7-6-8-10-15)18-11-14-12-19-20(13-14)17(2,3)4/h12-13,15-16,18H,5-11H2,1-4H3. The van der Waals surface area contributed by atoms with Gasteiger partial charge in [-0.05, 0) is 46.0 Å². The quantitative estimate of drug-likeness (QED) is 0.878. The highest BCUT2D eigenvalue weighted by atomic mass is 15.3. The van der Waals surface area contributed by atoms with Crippen LogP contribution in [0.2, 0.25) is 0 Å². The molecule has 3 nitrogen and oxygen atoms in total. The van der Waals surface area contributed by atoms with E-state index in [2.05, 4.69) is 49.0 Å². The summed E-state index contributed by atoms with van der Waals surface area (Å²) in [5, 5.41) is 8.25. The lowest BCUT2D eigenvalue weighted by Gasteiger charge is -2.30. The van der Waals surface area contributed by atoms with Gasteiger partial charge >= 0.3 is 0 Å². The van der Waals surface area contributed by atoms with Crippen LogP contribution < -0.4 is 5.32 Å². The molecule has 1 saturated carbocycles. The van der Waals surface area contributed by atoms with Crippen LogP contribution in [0.3, 0.4) is 0 Å². The van der Waals surface area contributed by atoms with E-state index in [-0.39, 0.29) is 5.54 Å². The molecule has 1 N–H and O–H groups in total. The second-order valence-electron chi connectivity index (χ2n) is 7.26. The fourth-order valence-corrected chi connectivity index (χ4v) is 3.25. The zero-order valence-corrected chi connectivity index (χ0v) is 13.7. The Labute approximate surface area is 124 Å². The van der Waals surface area contributed by atoms with E-state index < -0.39 is 0 Å². The number of hydrogen-bond donors (Lipinski definition) is 1. The molecule has 0 amide bonds. The fourth-order valence-electron chi connectivity index (χ4n) is 3.25. The third kappa shape index (κ3) is 4.08. The minimum Gasteiger partial charge on any atom is -0.310 e. The number of hydrogen-bond acceptors (Lipinski definition) is 2. The van der Waals surface area contributed by atoms with Gasteiger partial charge in [-0.15, -0.1) is 0 Å². The summed E-state index contributed by atoms with van der Waals surface area (Å²) in [6, 6.07) is 0.674. The van der Waals surface area contributed by atoms with Crippen molar-refractivity contribution < 1.29 is 0 Å². The Morgan fingerprint density at radius 1 is 1.30 bits per heavy atom. The van der Waals surface area contributed by atoms with Gasteiger partial charge in [0, 0.05) is 24.3 Å². The fraction of sp³-hybridized carbons (Fsp3) is 0.824. The molecule has 1 fully saturated rings. The number of nitrogens with zero attached hydrogens (tertiary/aromatic N) is 2. The predicted molar refractivity (Wildman–Crippen MR) is 84.7 cm³/mol. The molecule has 0 saturated heterocycles. The van der Waals surface area contributed by atoms with Crippen molar-refractivity contribution in [1.82, 2.24) is 15.1 Å². The average Bonchev–Trinajstić information content (AvgIpc) is 2.89. The van der Waals surface area contributed by atoms with Gasteiger partial charge in [0.2, 0.25) is 0 Å². The molecule has 0 spiro atoms. The summed E-state index contributed by atoms with van der Waals surface area (Å²) in [5.74, 6) is 0.881. The van der Waals surface area contributed by atoms with Crippen LogP contribution >= 0.6 is 0 Å². The van der Waals surface area contributed by atoms with Crippen LogP contribution in [0.4, 0.5) is 0 Å². The lowest BCUT2D eigenvalue weighted by atomic mass is 9.83. The molecule has 2 rings (SSSR count). The molecule has 0 aromatic carbocycles. The van der Waals surface area contributed by atoms with Crippen molar-refractivity contribution in [1.29, 1.82) is 0 Å². The maximum atomic E-state index is 4.48. The van der Waals surface area contributed by atoms with Gasteiger partial charge in [0.1, 0.15) is 0 Å². The first kappa shape index (κ1) is 15.6. The Hall–Kier alpha value is -0.830. The first-order valence-corrected chi connectivity index (χ1v) is 8.28. The van der Waals surface area contributed by atoms with Crippen molar-refractivity contribution >= 4 is 0 Å². The molecule has 1 aromatic heterocycles. The topological polar surface area (TPSA) is 29.9 Å². The summed E-state index contributed by atoms with van der Waals surface area (Å²) in [7, 11) is 0. The van der Waals surface area contributed by atoms with E-state index in [1.54, 1.807) is 0 Å². The molecular weight excluding hydrogens is 246 g/mol. The summed E-state index contributed by atoms with van der Waals surface area (Å²) in [6.45, 7) is 9.83. The molecule has 1 aliphatic rings. The van der Waals surface area contributed by atoms with E-state index in [1.807, 2.05) is 6.20 Å². The highest BCUT2D eigenvalue weighted by molar-refractivity contribution is 5.05. The van der Waals surface area contributed by atoms with Crippen LogP contribution in [-0.2, 0) is 12.1 Å². The van der Waals surface area contributed by atoms with E-state index in [9.17, 15) is 0 Å². The second kappa shape index (κ2) is 6.75. The van der Waals surface area contributed by atoms with E-state index in [0.717, 1.165) is 12.5 Å². The summed E-state index contributed by atoms with van der Waals surface area (Å²) < 4.78 is 2.06. The third-order valence-electron chi connectivity index (χ3n) is 4.55. The SMILES string of the molecule is CCC(NCc1cnn(C(C)(C)C)c1)C1CCCCC1. The molecule has 0 aliphatic heterocycles. The van der Waals surface area contributed by atoms with Crippen molar-refractivity contribution in [2.75, 3.05) is 0 Å².